The molecule has 0 saturated heterocycles. The van der Waals surface area contributed by atoms with Crippen molar-refractivity contribution in [3.8, 4) is 17.2 Å². The van der Waals surface area contributed by atoms with Gasteiger partial charge in [0.05, 0.1) is 13.2 Å². The Morgan fingerprint density at radius 1 is 1.05 bits per heavy atom. The lowest BCUT2D eigenvalue weighted by Crippen LogP contribution is -2.38. The third kappa shape index (κ3) is 5.15. The fourth-order valence-electron chi connectivity index (χ4n) is 4.66. The van der Waals surface area contributed by atoms with Crippen LogP contribution in [0.3, 0.4) is 0 Å². The monoisotopic (exact) mass is 508 g/mol. The Morgan fingerprint density at radius 3 is 2.24 bits per heavy atom. The smallest absolute Gasteiger partial charge is 0.350 e. The summed E-state index contributed by atoms with van der Waals surface area (Å²) < 4.78 is 16.6. The summed E-state index contributed by atoms with van der Waals surface area (Å²) in [6, 6.07) is 7.05. The average molecular weight is 509 g/mol. The highest BCUT2D eigenvalue weighted by molar-refractivity contribution is 6.05. The van der Waals surface area contributed by atoms with E-state index >= 15 is 0 Å². The number of nitrogens with one attached hydrogen (secondary N) is 1. The molecule has 0 aromatic heterocycles. The molecule has 1 atom stereocenters. The highest BCUT2D eigenvalue weighted by Gasteiger charge is 2.34. The van der Waals surface area contributed by atoms with Crippen molar-refractivity contribution in [1.82, 2.24) is 4.90 Å². The summed E-state index contributed by atoms with van der Waals surface area (Å²) in [5.74, 6) is 0.693. The van der Waals surface area contributed by atoms with Gasteiger partial charge in [0.15, 0.2) is 17.3 Å². The molecule has 1 unspecified atom stereocenters. The molecule has 2 aliphatic rings. The number of nitrogens with zero attached hydrogens (tertiary/aromatic N) is 1. The minimum Gasteiger partial charge on any atom is -0.507 e. The van der Waals surface area contributed by atoms with Crippen molar-refractivity contribution in [2.24, 2.45) is 0 Å². The highest BCUT2D eigenvalue weighted by Crippen LogP contribution is 2.41. The molecule has 4 rings (SSSR count). The molecule has 2 aromatic rings. The standard InChI is InChI=1S/C29H36N2O6/c1-8-35-27(34)24-15-36-22-11-17-13-31(26(30)18(17)12-23(22)37-24)14-21(32)16-9-19(28(2,3)4)25(33)20(10-16)29(5,6)7/h9-12,24,30,33H,8,13-15H2,1-7H3. The average Bonchev–Trinajstić information content (AvgIpc) is 3.10. The Kier molecular flexibility index (Phi) is 6.73. The number of carbonyl (C=O) groups excluding carboxylic acids is 2. The SMILES string of the molecule is CCOC(=O)C1COc2cc3c(cc2O1)C(=N)N(CC(=O)c1cc(C(C)(C)C)c(O)c(C(C)(C)C)c1)C3. The molecule has 0 spiro atoms. The van der Waals surface area contributed by atoms with Gasteiger partial charge in [0, 0.05) is 28.8 Å². The first kappa shape index (κ1) is 26.5. The van der Waals surface area contributed by atoms with E-state index in [1.807, 2.05) is 41.5 Å². The maximum atomic E-state index is 13.5. The molecule has 0 radical (unpaired) electrons. The number of ether oxygens (including phenoxy) is 3. The number of ketones is 1. The summed E-state index contributed by atoms with van der Waals surface area (Å²) in [7, 11) is 0. The normalized spacial score (nSPS) is 17.0. The zero-order chi connectivity index (χ0) is 27.3. The molecule has 198 valence electrons. The number of benzene rings is 2. The van der Waals surface area contributed by atoms with Crippen LogP contribution in [0.15, 0.2) is 24.3 Å². The van der Waals surface area contributed by atoms with E-state index in [1.54, 1.807) is 36.1 Å². The zero-order valence-corrected chi connectivity index (χ0v) is 22.7. The van der Waals surface area contributed by atoms with Crippen LogP contribution in [0.1, 0.15) is 81.1 Å². The second kappa shape index (κ2) is 9.39. The summed E-state index contributed by atoms with van der Waals surface area (Å²) in [6.45, 7) is 14.5. The van der Waals surface area contributed by atoms with Crippen LogP contribution in [0, 0.1) is 5.41 Å². The van der Waals surface area contributed by atoms with Gasteiger partial charge in [0.25, 0.3) is 0 Å². The number of rotatable bonds is 5. The van der Waals surface area contributed by atoms with E-state index in [0.717, 1.165) is 16.7 Å². The van der Waals surface area contributed by atoms with Crippen LogP contribution in [0.25, 0.3) is 0 Å². The van der Waals surface area contributed by atoms with Gasteiger partial charge in [-0.05, 0) is 47.6 Å². The summed E-state index contributed by atoms with van der Waals surface area (Å²) in [5, 5.41) is 19.7. The molecule has 0 saturated carbocycles. The van der Waals surface area contributed by atoms with Gasteiger partial charge in [0.2, 0.25) is 6.10 Å². The van der Waals surface area contributed by atoms with E-state index in [-0.39, 0.29) is 48.0 Å². The highest BCUT2D eigenvalue weighted by atomic mass is 16.6. The lowest BCUT2D eigenvalue weighted by molar-refractivity contribution is -0.153. The largest absolute Gasteiger partial charge is 0.507 e. The van der Waals surface area contributed by atoms with Crippen molar-refractivity contribution in [3.63, 3.8) is 0 Å². The molecule has 0 amide bonds. The van der Waals surface area contributed by atoms with E-state index in [1.165, 1.54) is 0 Å². The Balaban J connectivity index is 1.58. The molecule has 0 bridgehead atoms. The number of aromatic hydroxyl groups is 1. The van der Waals surface area contributed by atoms with Gasteiger partial charge >= 0.3 is 5.97 Å². The maximum Gasteiger partial charge on any atom is 0.350 e. The number of carbonyl (C=O) groups is 2. The zero-order valence-electron chi connectivity index (χ0n) is 22.7. The number of phenols is 1. The van der Waals surface area contributed by atoms with Crippen molar-refractivity contribution in [1.29, 1.82) is 5.41 Å². The number of hydrogen-bond acceptors (Lipinski definition) is 7. The van der Waals surface area contributed by atoms with Crippen LogP contribution < -0.4 is 9.47 Å². The lowest BCUT2D eigenvalue weighted by Gasteiger charge is -2.28. The van der Waals surface area contributed by atoms with E-state index in [4.69, 9.17) is 19.6 Å². The van der Waals surface area contributed by atoms with Crippen LogP contribution >= 0.6 is 0 Å². The van der Waals surface area contributed by atoms with Crippen LogP contribution in [-0.4, -0.2) is 53.5 Å². The Labute approximate surface area is 218 Å². The van der Waals surface area contributed by atoms with Crippen molar-refractivity contribution < 1.29 is 28.9 Å². The quantitative estimate of drug-likeness (QED) is 0.445. The number of fused-ring (bicyclic) bond motifs is 2. The van der Waals surface area contributed by atoms with E-state index in [2.05, 4.69) is 0 Å². The third-order valence-corrected chi connectivity index (χ3v) is 6.69. The van der Waals surface area contributed by atoms with Crippen molar-refractivity contribution in [2.75, 3.05) is 19.8 Å². The summed E-state index contributed by atoms with van der Waals surface area (Å²) in [4.78, 5) is 27.3. The van der Waals surface area contributed by atoms with Gasteiger partial charge in [-0.3, -0.25) is 10.2 Å². The molecule has 37 heavy (non-hydrogen) atoms. The van der Waals surface area contributed by atoms with Gasteiger partial charge < -0.3 is 24.2 Å². The van der Waals surface area contributed by atoms with Crippen LogP contribution in [0.2, 0.25) is 0 Å². The number of esters is 1. The molecule has 0 aliphatic carbocycles. The minimum absolute atomic E-state index is 0.0171. The number of Topliss-reactive ketones (excluding diaryl/α,β-unsaturated/α-hetero) is 1. The Bertz CT molecular complexity index is 1230. The van der Waals surface area contributed by atoms with Gasteiger partial charge in [-0.2, -0.15) is 0 Å². The van der Waals surface area contributed by atoms with E-state index < -0.39 is 12.1 Å². The van der Waals surface area contributed by atoms with Crippen LogP contribution in [0.4, 0.5) is 0 Å². The maximum absolute atomic E-state index is 13.5. The molecule has 8 nitrogen and oxygen atoms in total. The molecule has 2 aromatic carbocycles. The first-order valence-corrected chi connectivity index (χ1v) is 12.6. The van der Waals surface area contributed by atoms with Gasteiger partial charge in [0.1, 0.15) is 18.2 Å². The summed E-state index contributed by atoms with van der Waals surface area (Å²) >= 11 is 0. The van der Waals surface area contributed by atoms with Crippen molar-refractivity contribution in [3.05, 3.63) is 52.1 Å². The van der Waals surface area contributed by atoms with E-state index in [9.17, 15) is 14.7 Å². The molecule has 2 N–H and O–H groups in total. The first-order valence-electron chi connectivity index (χ1n) is 12.6. The number of hydrogen-bond donors (Lipinski definition) is 2. The molecular weight excluding hydrogens is 472 g/mol. The van der Waals surface area contributed by atoms with Gasteiger partial charge in [-0.15, -0.1) is 0 Å². The van der Waals surface area contributed by atoms with Crippen molar-refractivity contribution in [2.45, 2.75) is 71.9 Å². The Morgan fingerprint density at radius 2 is 1.68 bits per heavy atom. The molecule has 8 heteroatoms. The fraction of sp³-hybridized carbons (Fsp3) is 0.483. The number of amidine groups is 1. The Hall–Kier alpha value is -3.55. The predicted molar refractivity (Wildman–Crippen MR) is 140 cm³/mol. The second-order valence-electron chi connectivity index (χ2n) is 11.7. The topological polar surface area (TPSA) is 109 Å². The second-order valence-corrected chi connectivity index (χ2v) is 11.7. The third-order valence-electron chi connectivity index (χ3n) is 6.69. The molecule has 2 heterocycles. The summed E-state index contributed by atoms with van der Waals surface area (Å²) in [5.41, 5.74) is 2.75. The van der Waals surface area contributed by atoms with Gasteiger partial charge in [-0.1, -0.05) is 41.5 Å². The predicted octanol–water partition coefficient (Wildman–Crippen LogP) is 4.71. The fourth-order valence-corrected chi connectivity index (χ4v) is 4.66. The lowest BCUT2D eigenvalue weighted by atomic mass is 9.78. The van der Waals surface area contributed by atoms with Crippen LogP contribution in [-0.2, 0) is 26.9 Å². The first-order chi connectivity index (χ1) is 17.2. The molecule has 2 aliphatic heterocycles. The minimum atomic E-state index is -0.859. The molecular formula is C29H36N2O6. The van der Waals surface area contributed by atoms with Crippen molar-refractivity contribution >= 4 is 17.6 Å². The van der Waals surface area contributed by atoms with E-state index in [0.29, 0.717) is 29.2 Å². The summed E-state index contributed by atoms with van der Waals surface area (Å²) in [6.07, 6.45) is -0.859. The number of phenolic OH excluding ortho intramolecular Hbond substituents is 1. The van der Waals surface area contributed by atoms with Gasteiger partial charge in [-0.25, -0.2) is 4.79 Å². The molecule has 0 fully saturated rings. The van der Waals surface area contributed by atoms with Crippen LogP contribution in [0.5, 0.6) is 17.2 Å².